The first-order valence-electron chi connectivity index (χ1n) is 10.4. The summed E-state index contributed by atoms with van der Waals surface area (Å²) in [5.41, 5.74) is 1.87. The molecule has 0 heterocycles. The highest BCUT2D eigenvalue weighted by Gasteiger charge is 2.41. The fraction of sp³-hybridized carbons (Fsp3) is 0.259. The molecule has 31 heavy (non-hydrogen) atoms. The van der Waals surface area contributed by atoms with Gasteiger partial charge in [-0.3, -0.25) is 0 Å². The van der Waals surface area contributed by atoms with Gasteiger partial charge in [0.25, 0.3) is 0 Å². The van der Waals surface area contributed by atoms with Crippen LogP contribution in [0.15, 0.2) is 78.9 Å². The average Bonchev–Trinajstić information content (AvgIpc) is 2.80. The first kappa shape index (κ1) is 22.9. The quantitative estimate of drug-likeness (QED) is 0.402. The Labute approximate surface area is 194 Å². The van der Waals surface area contributed by atoms with Crippen molar-refractivity contribution >= 4 is 29.3 Å². The standard InChI is InChI=1S/C27H24Cl2N2/c1-2-17-27(18-30,19-31)26-6-4-3-5-25(26)24(21-10-14-23(29)15-11-21)16-9-20-7-12-22(28)13-8-20/h2,6-16,24-25H,1,3-5,17H2/b16-9+. The lowest BCUT2D eigenvalue weighted by Crippen LogP contribution is -2.29. The number of nitriles is 2. The highest BCUT2D eigenvalue weighted by molar-refractivity contribution is 6.30. The van der Waals surface area contributed by atoms with Crippen molar-refractivity contribution in [2.75, 3.05) is 0 Å². The van der Waals surface area contributed by atoms with Gasteiger partial charge in [-0.15, -0.1) is 6.58 Å². The van der Waals surface area contributed by atoms with E-state index in [-0.39, 0.29) is 11.8 Å². The first-order valence-corrected chi connectivity index (χ1v) is 11.1. The van der Waals surface area contributed by atoms with E-state index < -0.39 is 5.41 Å². The second kappa shape index (κ2) is 10.5. The second-order valence-corrected chi connectivity index (χ2v) is 8.68. The smallest absolute Gasteiger partial charge is 0.168 e. The lowest BCUT2D eigenvalue weighted by atomic mass is 9.65. The van der Waals surface area contributed by atoms with E-state index in [2.05, 4.69) is 36.9 Å². The van der Waals surface area contributed by atoms with Crippen molar-refractivity contribution in [1.82, 2.24) is 0 Å². The highest BCUT2D eigenvalue weighted by atomic mass is 35.5. The first-order chi connectivity index (χ1) is 15.0. The van der Waals surface area contributed by atoms with E-state index in [0.29, 0.717) is 16.5 Å². The van der Waals surface area contributed by atoms with Gasteiger partial charge in [-0.25, -0.2) is 0 Å². The van der Waals surface area contributed by atoms with Crippen molar-refractivity contribution in [2.45, 2.75) is 31.6 Å². The molecule has 0 amide bonds. The number of hydrogen-bond donors (Lipinski definition) is 0. The van der Waals surface area contributed by atoms with Crippen LogP contribution in [0.25, 0.3) is 6.08 Å². The van der Waals surface area contributed by atoms with Crippen LogP contribution in [0.5, 0.6) is 0 Å². The largest absolute Gasteiger partial charge is 0.196 e. The Hall–Kier alpha value is -2.78. The molecule has 2 aromatic carbocycles. The zero-order valence-corrected chi connectivity index (χ0v) is 18.8. The minimum Gasteiger partial charge on any atom is -0.196 e. The molecule has 4 heteroatoms. The molecule has 156 valence electrons. The van der Waals surface area contributed by atoms with Crippen molar-refractivity contribution in [3.05, 3.63) is 100 Å². The number of nitrogens with zero attached hydrogens (tertiary/aromatic N) is 2. The van der Waals surface area contributed by atoms with Gasteiger partial charge < -0.3 is 0 Å². The molecule has 0 N–H and O–H groups in total. The minimum atomic E-state index is -1.19. The van der Waals surface area contributed by atoms with Crippen LogP contribution in [0.3, 0.4) is 0 Å². The van der Waals surface area contributed by atoms with E-state index in [9.17, 15) is 10.5 Å². The van der Waals surface area contributed by atoms with Crippen LogP contribution in [0.1, 0.15) is 42.7 Å². The molecule has 3 rings (SSSR count). The molecule has 0 saturated carbocycles. The molecule has 0 bridgehead atoms. The van der Waals surface area contributed by atoms with Gasteiger partial charge >= 0.3 is 0 Å². The number of hydrogen-bond acceptors (Lipinski definition) is 2. The number of halogens is 2. The van der Waals surface area contributed by atoms with Crippen LogP contribution in [0.2, 0.25) is 10.0 Å². The molecule has 0 spiro atoms. The van der Waals surface area contributed by atoms with Crippen LogP contribution in [-0.4, -0.2) is 0 Å². The molecule has 2 nitrogen and oxygen atoms in total. The maximum Gasteiger partial charge on any atom is 0.168 e. The fourth-order valence-corrected chi connectivity index (χ4v) is 4.55. The summed E-state index contributed by atoms with van der Waals surface area (Å²) in [6.45, 7) is 3.79. The molecule has 2 aromatic rings. The fourth-order valence-electron chi connectivity index (χ4n) is 4.30. The zero-order valence-electron chi connectivity index (χ0n) is 17.3. The summed E-state index contributed by atoms with van der Waals surface area (Å²) in [4.78, 5) is 0. The van der Waals surface area contributed by atoms with Gasteiger partial charge in [-0.05, 0) is 66.1 Å². The second-order valence-electron chi connectivity index (χ2n) is 7.81. The minimum absolute atomic E-state index is 0.00499. The Balaban J connectivity index is 2.07. The highest BCUT2D eigenvalue weighted by Crippen LogP contribution is 2.47. The van der Waals surface area contributed by atoms with Crippen LogP contribution >= 0.6 is 23.2 Å². The predicted octanol–water partition coefficient (Wildman–Crippen LogP) is 8.13. The molecule has 0 aromatic heterocycles. The number of benzene rings is 2. The molecule has 2 atom stereocenters. The maximum absolute atomic E-state index is 9.99. The van der Waals surface area contributed by atoms with Gasteiger partial charge in [0.15, 0.2) is 5.41 Å². The third-order valence-corrected chi connectivity index (χ3v) is 6.37. The molecule has 0 radical (unpaired) electrons. The average molecular weight is 447 g/mol. The number of allylic oxidation sites excluding steroid dienone is 4. The van der Waals surface area contributed by atoms with E-state index in [1.807, 2.05) is 48.5 Å². The van der Waals surface area contributed by atoms with Crippen molar-refractivity contribution < 1.29 is 0 Å². The monoisotopic (exact) mass is 446 g/mol. The van der Waals surface area contributed by atoms with E-state index >= 15 is 0 Å². The SMILES string of the molecule is C=CCC(C#N)(C#N)C1=CCCCC1C(/C=C/c1ccc(Cl)cc1)c1ccc(Cl)cc1. The summed E-state index contributed by atoms with van der Waals surface area (Å²) < 4.78 is 0. The van der Waals surface area contributed by atoms with E-state index in [4.69, 9.17) is 23.2 Å². The Morgan fingerprint density at radius 3 is 2.23 bits per heavy atom. The molecule has 1 aliphatic rings. The van der Waals surface area contributed by atoms with Crippen LogP contribution in [0, 0.1) is 34.0 Å². The summed E-state index contributed by atoms with van der Waals surface area (Å²) >= 11 is 12.2. The number of rotatable bonds is 7. The molecule has 0 saturated heterocycles. The van der Waals surface area contributed by atoms with Crippen molar-refractivity contribution in [2.24, 2.45) is 11.3 Å². The third kappa shape index (κ3) is 5.29. The topological polar surface area (TPSA) is 47.6 Å². The van der Waals surface area contributed by atoms with Gasteiger partial charge in [0, 0.05) is 22.4 Å². The summed E-state index contributed by atoms with van der Waals surface area (Å²) in [5, 5.41) is 21.4. The Morgan fingerprint density at radius 1 is 1.03 bits per heavy atom. The maximum atomic E-state index is 9.99. The normalized spacial score (nSPS) is 17.4. The molecular formula is C27H24Cl2N2. The summed E-state index contributed by atoms with van der Waals surface area (Å²) in [6.07, 6.45) is 11.1. The van der Waals surface area contributed by atoms with Gasteiger partial charge in [0.2, 0.25) is 0 Å². The van der Waals surface area contributed by atoms with E-state index in [1.165, 1.54) is 0 Å². The van der Waals surface area contributed by atoms with Gasteiger partial charge in [0.1, 0.15) is 0 Å². The van der Waals surface area contributed by atoms with Gasteiger partial charge in [-0.1, -0.05) is 71.8 Å². The van der Waals surface area contributed by atoms with Gasteiger partial charge in [0.05, 0.1) is 12.1 Å². The zero-order chi connectivity index (χ0) is 22.3. The molecule has 0 aliphatic heterocycles. The summed E-state index contributed by atoms with van der Waals surface area (Å²) in [5.74, 6) is 0.0445. The van der Waals surface area contributed by atoms with Crippen molar-refractivity contribution in [3.8, 4) is 12.1 Å². The third-order valence-electron chi connectivity index (χ3n) is 5.86. The molecular weight excluding hydrogens is 423 g/mol. The summed E-state index contributed by atoms with van der Waals surface area (Å²) in [7, 11) is 0. The van der Waals surface area contributed by atoms with Crippen molar-refractivity contribution in [1.29, 1.82) is 10.5 Å². The Kier molecular flexibility index (Phi) is 7.75. The molecule has 2 unspecified atom stereocenters. The van der Waals surface area contributed by atoms with E-state index in [1.54, 1.807) is 6.08 Å². The van der Waals surface area contributed by atoms with Crippen molar-refractivity contribution in [3.63, 3.8) is 0 Å². The van der Waals surface area contributed by atoms with Crippen LogP contribution in [-0.2, 0) is 0 Å². The van der Waals surface area contributed by atoms with Crippen LogP contribution < -0.4 is 0 Å². The molecule has 0 fully saturated rings. The lowest BCUT2D eigenvalue weighted by Gasteiger charge is -2.36. The Morgan fingerprint density at radius 2 is 1.65 bits per heavy atom. The summed E-state index contributed by atoms with van der Waals surface area (Å²) in [6, 6.07) is 20.1. The van der Waals surface area contributed by atoms with Gasteiger partial charge in [-0.2, -0.15) is 10.5 Å². The lowest BCUT2D eigenvalue weighted by molar-refractivity contribution is 0.405. The Bertz CT molecular complexity index is 1040. The van der Waals surface area contributed by atoms with Crippen LogP contribution in [0.4, 0.5) is 0 Å². The molecule has 1 aliphatic carbocycles. The predicted molar refractivity (Wildman–Crippen MR) is 129 cm³/mol. The van der Waals surface area contributed by atoms with E-state index in [0.717, 1.165) is 36.0 Å².